The first-order chi connectivity index (χ1) is 15.5. The predicted molar refractivity (Wildman–Crippen MR) is 120 cm³/mol. The van der Waals surface area contributed by atoms with Crippen molar-refractivity contribution in [3.63, 3.8) is 0 Å². The molecule has 2 heterocycles. The van der Waals surface area contributed by atoms with Gasteiger partial charge < -0.3 is 14.2 Å². The standard InChI is InChI=1S/C27H35NO4/c1-15(29)19-13-26-9-8-18(19)23(31-3)25-27(26)10-11-28(14-16-4-5-16)21(26)12-17-6-7-20(30-2)24(32-25)22(17)27/h6-7,16,18-19,21,23,25H,4-5,8-14H2,1-3H3/t18-,19-,21-,23?,25+,26-,27?/m1/s1. The van der Waals surface area contributed by atoms with E-state index in [2.05, 4.69) is 17.0 Å². The molecular weight excluding hydrogens is 402 g/mol. The summed E-state index contributed by atoms with van der Waals surface area (Å²) in [5, 5.41) is 0. The van der Waals surface area contributed by atoms with Crippen LogP contribution in [-0.2, 0) is 21.4 Å². The minimum Gasteiger partial charge on any atom is -0.493 e. The zero-order valence-corrected chi connectivity index (χ0v) is 19.6. The predicted octanol–water partition coefficient (Wildman–Crippen LogP) is 3.75. The lowest BCUT2D eigenvalue weighted by Crippen LogP contribution is -2.70. The van der Waals surface area contributed by atoms with E-state index >= 15 is 0 Å². The normalized spacial score (nSPS) is 43.4. The third kappa shape index (κ3) is 2.20. The van der Waals surface area contributed by atoms with Crippen LogP contribution < -0.4 is 9.47 Å². The zero-order chi connectivity index (χ0) is 21.8. The molecule has 0 amide bonds. The van der Waals surface area contributed by atoms with Gasteiger partial charge in [0, 0.05) is 42.0 Å². The van der Waals surface area contributed by atoms with Gasteiger partial charge in [0.15, 0.2) is 11.5 Å². The second-order valence-corrected chi connectivity index (χ2v) is 11.5. The van der Waals surface area contributed by atoms with E-state index in [1.807, 2.05) is 14.0 Å². The Kier molecular flexibility index (Phi) is 4.03. The van der Waals surface area contributed by atoms with Gasteiger partial charge in [-0.1, -0.05) is 6.07 Å². The Morgan fingerprint density at radius 3 is 2.78 bits per heavy atom. The number of rotatable bonds is 5. The summed E-state index contributed by atoms with van der Waals surface area (Å²) in [5.41, 5.74) is 2.86. The molecule has 2 aliphatic heterocycles. The molecule has 5 aliphatic carbocycles. The molecule has 1 aromatic rings. The van der Waals surface area contributed by atoms with Gasteiger partial charge in [-0.2, -0.15) is 0 Å². The van der Waals surface area contributed by atoms with Gasteiger partial charge in [-0.15, -0.1) is 0 Å². The third-order valence-corrected chi connectivity index (χ3v) is 10.5. The molecular formula is C27H35NO4. The molecule has 8 rings (SSSR count). The molecule has 4 saturated carbocycles. The Labute approximate surface area is 190 Å². The van der Waals surface area contributed by atoms with Crippen molar-refractivity contribution >= 4 is 5.78 Å². The molecule has 32 heavy (non-hydrogen) atoms. The highest BCUT2D eigenvalue weighted by molar-refractivity contribution is 5.79. The first-order valence-electron chi connectivity index (χ1n) is 12.7. The highest BCUT2D eigenvalue weighted by Crippen LogP contribution is 2.73. The minimum absolute atomic E-state index is 0.0275. The van der Waals surface area contributed by atoms with Crippen LogP contribution in [0.5, 0.6) is 11.5 Å². The number of hydrogen-bond acceptors (Lipinski definition) is 5. The number of carbonyl (C=O) groups is 1. The Balaban J connectivity index is 1.49. The maximum Gasteiger partial charge on any atom is 0.165 e. The van der Waals surface area contributed by atoms with Gasteiger partial charge in [-0.3, -0.25) is 9.69 Å². The number of likely N-dealkylation sites (tertiary alicyclic amines) is 1. The van der Waals surface area contributed by atoms with Gasteiger partial charge in [0.1, 0.15) is 11.9 Å². The van der Waals surface area contributed by atoms with Gasteiger partial charge in [-0.05, 0) is 81.9 Å². The molecule has 7 aliphatic rings. The van der Waals surface area contributed by atoms with E-state index < -0.39 is 0 Å². The molecule has 5 fully saturated rings. The van der Waals surface area contributed by atoms with Crippen molar-refractivity contribution in [2.45, 2.75) is 75.5 Å². The lowest BCUT2D eigenvalue weighted by molar-refractivity contribution is -0.134. The maximum atomic E-state index is 13.0. The second kappa shape index (κ2) is 6.50. The molecule has 1 aromatic carbocycles. The Hall–Kier alpha value is -1.59. The van der Waals surface area contributed by atoms with E-state index in [1.165, 1.54) is 36.9 Å². The average Bonchev–Trinajstić information content (AvgIpc) is 3.57. The summed E-state index contributed by atoms with van der Waals surface area (Å²) in [5.74, 6) is 3.37. The van der Waals surface area contributed by atoms with Gasteiger partial charge in [0.25, 0.3) is 0 Å². The van der Waals surface area contributed by atoms with Crippen molar-refractivity contribution in [3.8, 4) is 11.5 Å². The van der Waals surface area contributed by atoms with Crippen LogP contribution in [0, 0.1) is 23.2 Å². The summed E-state index contributed by atoms with van der Waals surface area (Å²) in [6.07, 6.45) is 8.12. The fraction of sp³-hybridized carbons (Fsp3) is 0.741. The van der Waals surface area contributed by atoms with Crippen LogP contribution in [0.3, 0.4) is 0 Å². The van der Waals surface area contributed by atoms with Crippen LogP contribution >= 0.6 is 0 Å². The number of hydrogen-bond donors (Lipinski definition) is 0. The van der Waals surface area contributed by atoms with Crippen molar-refractivity contribution in [2.24, 2.45) is 23.2 Å². The average molecular weight is 438 g/mol. The summed E-state index contributed by atoms with van der Waals surface area (Å²) < 4.78 is 19.0. The number of piperidine rings is 1. The molecule has 0 radical (unpaired) electrons. The van der Waals surface area contributed by atoms with Crippen LogP contribution in [-0.4, -0.2) is 56.2 Å². The van der Waals surface area contributed by atoms with Gasteiger partial charge in [0.2, 0.25) is 0 Å². The molecule has 0 aromatic heterocycles. The Morgan fingerprint density at radius 1 is 1.22 bits per heavy atom. The number of fused-ring (bicyclic) bond motifs is 2. The van der Waals surface area contributed by atoms with Crippen LogP contribution in [0.1, 0.15) is 56.6 Å². The van der Waals surface area contributed by atoms with Crippen LogP contribution in [0.15, 0.2) is 12.1 Å². The number of benzene rings is 1. The van der Waals surface area contributed by atoms with E-state index in [1.54, 1.807) is 7.11 Å². The van der Waals surface area contributed by atoms with Gasteiger partial charge in [0.05, 0.1) is 13.2 Å². The van der Waals surface area contributed by atoms with Crippen molar-refractivity contribution in [2.75, 3.05) is 27.3 Å². The van der Waals surface area contributed by atoms with E-state index in [4.69, 9.17) is 14.2 Å². The lowest BCUT2D eigenvalue weighted by Gasteiger charge is -2.64. The van der Waals surface area contributed by atoms with E-state index in [0.29, 0.717) is 11.8 Å². The first-order valence-corrected chi connectivity index (χ1v) is 12.7. The fourth-order valence-corrected chi connectivity index (χ4v) is 9.15. The quantitative estimate of drug-likeness (QED) is 0.702. The summed E-state index contributed by atoms with van der Waals surface area (Å²) >= 11 is 0. The molecule has 0 N–H and O–H groups in total. The van der Waals surface area contributed by atoms with E-state index in [-0.39, 0.29) is 34.9 Å². The number of Topliss-reactive ketones (excluding diaryl/α,β-unsaturated/α-hetero) is 1. The van der Waals surface area contributed by atoms with Crippen molar-refractivity contribution in [1.29, 1.82) is 0 Å². The SMILES string of the molecule is COc1ccc2c3c1O[C@H]1C(OC)[C@@H]4CC[C@@]5(C[C@@H]4C(C)=O)[C@@H](C2)N(CC2CC2)CCC315. The smallest absolute Gasteiger partial charge is 0.165 e. The molecule has 1 saturated heterocycles. The van der Waals surface area contributed by atoms with Crippen molar-refractivity contribution < 1.29 is 19.0 Å². The Bertz CT molecular complexity index is 988. The summed E-state index contributed by atoms with van der Waals surface area (Å²) in [4.78, 5) is 15.8. The van der Waals surface area contributed by atoms with Gasteiger partial charge in [-0.25, -0.2) is 0 Å². The molecule has 2 spiro atoms. The lowest BCUT2D eigenvalue weighted by atomic mass is 9.44. The molecule has 5 heteroatoms. The van der Waals surface area contributed by atoms with Crippen molar-refractivity contribution in [1.82, 2.24) is 4.90 Å². The van der Waals surface area contributed by atoms with Crippen LogP contribution in [0.2, 0.25) is 0 Å². The molecule has 172 valence electrons. The monoisotopic (exact) mass is 437 g/mol. The highest BCUT2D eigenvalue weighted by Gasteiger charge is 2.75. The number of carbonyl (C=O) groups excluding carboxylic acids is 1. The summed E-state index contributed by atoms with van der Waals surface area (Å²) in [6.45, 7) is 4.17. The van der Waals surface area contributed by atoms with Crippen molar-refractivity contribution in [3.05, 3.63) is 23.3 Å². The van der Waals surface area contributed by atoms with Crippen LogP contribution in [0.25, 0.3) is 0 Å². The van der Waals surface area contributed by atoms with Crippen LogP contribution in [0.4, 0.5) is 0 Å². The number of ether oxygens (including phenoxy) is 3. The first kappa shape index (κ1) is 19.8. The summed E-state index contributed by atoms with van der Waals surface area (Å²) in [7, 11) is 3.58. The Morgan fingerprint density at radius 2 is 2.06 bits per heavy atom. The van der Waals surface area contributed by atoms with E-state index in [9.17, 15) is 4.79 Å². The van der Waals surface area contributed by atoms with E-state index in [0.717, 1.165) is 49.6 Å². The second-order valence-electron chi connectivity index (χ2n) is 11.5. The highest BCUT2D eigenvalue weighted by atomic mass is 16.6. The molecule has 2 unspecified atom stereocenters. The maximum absolute atomic E-state index is 13.0. The minimum atomic E-state index is -0.0746. The molecule has 5 nitrogen and oxygen atoms in total. The third-order valence-electron chi connectivity index (χ3n) is 10.5. The van der Waals surface area contributed by atoms with Gasteiger partial charge >= 0.3 is 0 Å². The largest absolute Gasteiger partial charge is 0.493 e. The number of ketones is 1. The zero-order valence-electron chi connectivity index (χ0n) is 19.6. The number of nitrogens with zero attached hydrogens (tertiary/aromatic N) is 1. The fourth-order valence-electron chi connectivity index (χ4n) is 9.15. The molecule has 4 bridgehead atoms. The number of methoxy groups -OCH3 is 2. The topological polar surface area (TPSA) is 48.0 Å². The summed E-state index contributed by atoms with van der Waals surface area (Å²) in [6, 6.07) is 4.90. The molecule has 7 atom stereocenters.